The molecule has 80 valence electrons. The van der Waals surface area contributed by atoms with Gasteiger partial charge in [0.05, 0.1) is 17.2 Å². The Hall–Kier alpha value is -1.50. The van der Waals surface area contributed by atoms with Crippen LogP contribution in [0.4, 0.5) is 13.2 Å². The molecule has 1 rings (SSSR count). The molecule has 4 heteroatoms. The number of hydrogen-bond acceptors (Lipinski definition) is 1. The van der Waals surface area contributed by atoms with E-state index in [4.69, 9.17) is 5.26 Å². The summed E-state index contributed by atoms with van der Waals surface area (Å²) in [7, 11) is 0. The summed E-state index contributed by atoms with van der Waals surface area (Å²) in [6.45, 7) is 1.80. The Kier molecular flexibility index (Phi) is 3.35. The van der Waals surface area contributed by atoms with E-state index in [0.717, 1.165) is 0 Å². The average molecular weight is 213 g/mol. The fourth-order valence-corrected chi connectivity index (χ4v) is 1.51. The monoisotopic (exact) mass is 213 g/mol. The summed E-state index contributed by atoms with van der Waals surface area (Å²) in [5.41, 5.74) is -0.883. The molecule has 0 saturated carbocycles. The van der Waals surface area contributed by atoms with E-state index in [-0.39, 0.29) is 11.1 Å². The molecule has 0 aliphatic carbocycles. The molecule has 0 bridgehead atoms. The second-order valence-electron chi connectivity index (χ2n) is 3.20. The summed E-state index contributed by atoms with van der Waals surface area (Å²) < 4.78 is 38.0. The van der Waals surface area contributed by atoms with Crippen LogP contribution in [0.15, 0.2) is 18.2 Å². The van der Waals surface area contributed by atoms with Crippen molar-refractivity contribution in [1.82, 2.24) is 0 Å². The number of benzene rings is 1. The van der Waals surface area contributed by atoms with Crippen molar-refractivity contribution in [3.05, 3.63) is 34.9 Å². The Labute approximate surface area is 86.1 Å². The second-order valence-corrected chi connectivity index (χ2v) is 3.20. The molecule has 1 aromatic rings. The number of halogens is 3. The minimum atomic E-state index is -4.45. The number of alkyl halides is 3. The normalized spacial score (nSPS) is 11.1. The summed E-state index contributed by atoms with van der Waals surface area (Å²) in [4.78, 5) is 0. The van der Waals surface area contributed by atoms with E-state index in [1.807, 2.05) is 0 Å². The first kappa shape index (κ1) is 11.6. The SMILES string of the molecule is CCCc1cccc(C#N)c1C(F)(F)F. The standard InChI is InChI=1S/C11H10F3N/c1-2-4-8-5-3-6-9(7-15)10(8)11(12,13)14/h3,5-6H,2,4H2,1H3. The zero-order valence-corrected chi connectivity index (χ0v) is 8.23. The van der Waals surface area contributed by atoms with Crippen LogP contribution in [0.25, 0.3) is 0 Å². The fourth-order valence-electron chi connectivity index (χ4n) is 1.51. The molecule has 0 unspecified atom stereocenters. The summed E-state index contributed by atoms with van der Waals surface area (Å²) in [5, 5.41) is 8.62. The summed E-state index contributed by atoms with van der Waals surface area (Å²) in [6, 6.07) is 5.69. The van der Waals surface area contributed by atoms with Crippen molar-refractivity contribution in [3.8, 4) is 6.07 Å². The number of rotatable bonds is 2. The molecule has 0 fully saturated rings. The second kappa shape index (κ2) is 4.35. The third-order valence-corrected chi connectivity index (χ3v) is 2.07. The van der Waals surface area contributed by atoms with Gasteiger partial charge >= 0.3 is 6.18 Å². The van der Waals surface area contributed by atoms with Gasteiger partial charge in [0.1, 0.15) is 0 Å². The van der Waals surface area contributed by atoms with Crippen molar-refractivity contribution in [2.75, 3.05) is 0 Å². The zero-order valence-electron chi connectivity index (χ0n) is 8.23. The molecule has 0 atom stereocenters. The van der Waals surface area contributed by atoms with E-state index in [1.54, 1.807) is 13.0 Å². The average Bonchev–Trinajstić information content (AvgIpc) is 2.16. The van der Waals surface area contributed by atoms with Crippen LogP contribution < -0.4 is 0 Å². The maximum Gasteiger partial charge on any atom is 0.417 e. The molecule has 1 aromatic carbocycles. The van der Waals surface area contributed by atoms with Crippen LogP contribution in [0, 0.1) is 11.3 Å². The molecular formula is C11H10F3N. The Balaban J connectivity index is 3.35. The van der Waals surface area contributed by atoms with Gasteiger partial charge in [-0.25, -0.2) is 0 Å². The van der Waals surface area contributed by atoms with Crippen LogP contribution >= 0.6 is 0 Å². The lowest BCUT2D eigenvalue weighted by atomic mass is 9.98. The molecular weight excluding hydrogens is 203 g/mol. The van der Waals surface area contributed by atoms with Crippen LogP contribution in [-0.4, -0.2) is 0 Å². The van der Waals surface area contributed by atoms with E-state index in [0.29, 0.717) is 12.8 Å². The zero-order chi connectivity index (χ0) is 11.5. The van der Waals surface area contributed by atoms with Crippen LogP contribution in [0.1, 0.15) is 30.0 Å². The molecule has 0 aliphatic heterocycles. The van der Waals surface area contributed by atoms with Gasteiger partial charge in [-0.1, -0.05) is 25.5 Å². The highest BCUT2D eigenvalue weighted by Gasteiger charge is 2.35. The van der Waals surface area contributed by atoms with E-state index < -0.39 is 11.7 Å². The van der Waals surface area contributed by atoms with Gasteiger partial charge in [-0.3, -0.25) is 0 Å². The maximum absolute atomic E-state index is 12.7. The molecule has 0 saturated heterocycles. The lowest BCUT2D eigenvalue weighted by Gasteiger charge is -2.13. The van der Waals surface area contributed by atoms with E-state index in [2.05, 4.69) is 0 Å². The first-order valence-electron chi connectivity index (χ1n) is 4.60. The number of hydrogen-bond donors (Lipinski definition) is 0. The first-order valence-corrected chi connectivity index (χ1v) is 4.60. The molecule has 0 amide bonds. The van der Waals surface area contributed by atoms with Gasteiger partial charge in [0, 0.05) is 0 Å². The van der Waals surface area contributed by atoms with E-state index in [9.17, 15) is 13.2 Å². The lowest BCUT2D eigenvalue weighted by Crippen LogP contribution is -2.11. The fraction of sp³-hybridized carbons (Fsp3) is 0.364. The van der Waals surface area contributed by atoms with Crippen LogP contribution in [-0.2, 0) is 12.6 Å². The topological polar surface area (TPSA) is 23.8 Å². The molecule has 1 nitrogen and oxygen atoms in total. The number of nitriles is 1. The van der Waals surface area contributed by atoms with Crippen molar-refractivity contribution in [1.29, 1.82) is 5.26 Å². The van der Waals surface area contributed by atoms with Crippen molar-refractivity contribution in [2.24, 2.45) is 0 Å². The Morgan fingerprint density at radius 3 is 2.47 bits per heavy atom. The van der Waals surface area contributed by atoms with E-state index in [1.165, 1.54) is 18.2 Å². The van der Waals surface area contributed by atoms with E-state index >= 15 is 0 Å². The molecule has 15 heavy (non-hydrogen) atoms. The molecule has 0 radical (unpaired) electrons. The smallest absolute Gasteiger partial charge is 0.192 e. The molecule has 0 aromatic heterocycles. The van der Waals surface area contributed by atoms with Crippen molar-refractivity contribution >= 4 is 0 Å². The third-order valence-electron chi connectivity index (χ3n) is 2.07. The Morgan fingerprint density at radius 2 is 2.00 bits per heavy atom. The largest absolute Gasteiger partial charge is 0.417 e. The number of aryl methyl sites for hydroxylation is 1. The maximum atomic E-state index is 12.7. The van der Waals surface area contributed by atoms with Crippen molar-refractivity contribution in [3.63, 3.8) is 0 Å². The predicted octanol–water partition coefficient (Wildman–Crippen LogP) is 3.53. The molecule has 0 aliphatic rings. The van der Waals surface area contributed by atoms with Gasteiger partial charge in [-0.2, -0.15) is 18.4 Å². The predicted molar refractivity (Wildman–Crippen MR) is 50.2 cm³/mol. The Morgan fingerprint density at radius 1 is 1.33 bits per heavy atom. The van der Waals surface area contributed by atoms with Gasteiger partial charge in [0.2, 0.25) is 0 Å². The quantitative estimate of drug-likeness (QED) is 0.737. The minimum absolute atomic E-state index is 0.198. The lowest BCUT2D eigenvalue weighted by molar-refractivity contribution is -0.138. The van der Waals surface area contributed by atoms with Gasteiger partial charge in [-0.05, 0) is 18.1 Å². The van der Waals surface area contributed by atoms with Gasteiger partial charge in [0.15, 0.2) is 0 Å². The van der Waals surface area contributed by atoms with Crippen molar-refractivity contribution in [2.45, 2.75) is 25.9 Å². The molecule has 0 heterocycles. The summed E-state index contributed by atoms with van der Waals surface area (Å²) in [6.07, 6.45) is -3.49. The highest BCUT2D eigenvalue weighted by molar-refractivity contribution is 5.44. The highest BCUT2D eigenvalue weighted by Crippen LogP contribution is 2.34. The Bertz CT molecular complexity index is 388. The third kappa shape index (κ3) is 2.50. The van der Waals surface area contributed by atoms with Crippen LogP contribution in [0.3, 0.4) is 0 Å². The van der Waals surface area contributed by atoms with Crippen LogP contribution in [0.2, 0.25) is 0 Å². The first-order chi connectivity index (χ1) is 7.00. The van der Waals surface area contributed by atoms with Gasteiger partial charge in [0.25, 0.3) is 0 Å². The minimum Gasteiger partial charge on any atom is -0.192 e. The summed E-state index contributed by atoms with van der Waals surface area (Å²) in [5.74, 6) is 0. The highest BCUT2D eigenvalue weighted by atomic mass is 19.4. The van der Waals surface area contributed by atoms with Crippen molar-refractivity contribution < 1.29 is 13.2 Å². The number of nitrogens with zero attached hydrogens (tertiary/aromatic N) is 1. The molecule has 0 spiro atoms. The van der Waals surface area contributed by atoms with Gasteiger partial charge in [-0.15, -0.1) is 0 Å². The molecule has 0 N–H and O–H groups in total. The summed E-state index contributed by atoms with van der Waals surface area (Å²) >= 11 is 0. The van der Waals surface area contributed by atoms with Gasteiger partial charge < -0.3 is 0 Å². The van der Waals surface area contributed by atoms with Crippen LogP contribution in [0.5, 0.6) is 0 Å².